The lowest BCUT2D eigenvalue weighted by Crippen LogP contribution is -2.09. The first-order valence-corrected chi connectivity index (χ1v) is 10.5. The Labute approximate surface area is 178 Å². The van der Waals surface area contributed by atoms with Gasteiger partial charge in [0.15, 0.2) is 0 Å². The van der Waals surface area contributed by atoms with Crippen molar-refractivity contribution in [3.63, 3.8) is 0 Å². The van der Waals surface area contributed by atoms with Crippen LogP contribution in [0.3, 0.4) is 0 Å². The molecule has 1 atom stereocenters. The predicted molar refractivity (Wildman–Crippen MR) is 120 cm³/mol. The Hall–Kier alpha value is -2.94. The van der Waals surface area contributed by atoms with Gasteiger partial charge in [-0.05, 0) is 104 Å². The number of rotatable bonds is 9. The molecule has 0 amide bonds. The van der Waals surface area contributed by atoms with Crippen LogP contribution < -0.4 is 4.74 Å². The largest absolute Gasteiger partial charge is 0.494 e. The van der Waals surface area contributed by atoms with Crippen molar-refractivity contribution in [2.75, 3.05) is 6.61 Å². The second kappa shape index (κ2) is 10.2. The highest BCUT2D eigenvalue weighted by Crippen LogP contribution is 2.30. The first-order chi connectivity index (χ1) is 14.5. The molecule has 3 heteroatoms. The van der Waals surface area contributed by atoms with Crippen LogP contribution in [0.25, 0.3) is 0 Å². The van der Waals surface area contributed by atoms with Crippen LogP contribution in [0.2, 0.25) is 0 Å². The minimum atomic E-state index is -0.149. The smallest absolute Gasteiger partial charge is 0.150 e. The molecule has 0 bridgehead atoms. The summed E-state index contributed by atoms with van der Waals surface area (Å²) in [5.74, 6) is 0.834. The quantitative estimate of drug-likeness (QED) is 0.291. The van der Waals surface area contributed by atoms with Gasteiger partial charge in [-0.3, -0.25) is 4.79 Å². The fourth-order valence-electron chi connectivity index (χ4n) is 3.81. The number of aldehydes is 1. The van der Waals surface area contributed by atoms with Gasteiger partial charge >= 0.3 is 0 Å². The van der Waals surface area contributed by atoms with E-state index in [4.69, 9.17) is 4.74 Å². The van der Waals surface area contributed by atoms with E-state index in [0.717, 1.165) is 42.4 Å². The van der Waals surface area contributed by atoms with E-state index in [9.17, 15) is 9.18 Å². The molecule has 0 heterocycles. The fraction of sp³-hybridized carbons (Fsp3) is 0.296. The Kier molecular flexibility index (Phi) is 7.40. The van der Waals surface area contributed by atoms with Crippen LogP contribution >= 0.6 is 0 Å². The van der Waals surface area contributed by atoms with E-state index in [2.05, 4.69) is 32.0 Å². The van der Waals surface area contributed by atoms with Gasteiger partial charge in [0.1, 0.15) is 17.9 Å². The van der Waals surface area contributed by atoms with Gasteiger partial charge in [-0.1, -0.05) is 30.3 Å². The average molecular weight is 405 g/mol. The minimum Gasteiger partial charge on any atom is -0.494 e. The Morgan fingerprint density at radius 3 is 2.43 bits per heavy atom. The van der Waals surface area contributed by atoms with Crippen molar-refractivity contribution in [3.05, 3.63) is 99.9 Å². The summed E-state index contributed by atoms with van der Waals surface area (Å²) in [5, 5.41) is 0. The third-order valence-electron chi connectivity index (χ3n) is 5.78. The molecule has 0 aromatic heterocycles. The molecule has 0 saturated carbocycles. The number of ether oxygens (including phenoxy) is 1. The van der Waals surface area contributed by atoms with Crippen LogP contribution in [0.5, 0.6) is 5.75 Å². The molecular weight excluding hydrogens is 375 g/mol. The summed E-state index contributed by atoms with van der Waals surface area (Å²) in [7, 11) is 0. The molecule has 0 saturated heterocycles. The van der Waals surface area contributed by atoms with Gasteiger partial charge < -0.3 is 4.74 Å². The molecule has 156 valence electrons. The molecule has 0 aliphatic heterocycles. The number of hydrogen-bond acceptors (Lipinski definition) is 2. The number of halogens is 1. The third kappa shape index (κ3) is 5.56. The normalized spacial score (nSPS) is 11.9. The maximum absolute atomic E-state index is 14.2. The lowest BCUT2D eigenvalue weighted by Gasteiger charge is -2.21. The molecule has 0 aliphatic carbocycles. The Morgan fingerprint density at radius 2 is 1.73 bits per heavy atom. The zero-order valence-corrected chi connectivity index (χ0v) is 18.0. The first kappa shape index (κ1) is 21.8. The van der Waals surface area contributed by atoms with Gasteiger partial charge in [-0.25, -0.2) is 4.39 Å². The lowest BCUT2D eigenvalue weighted by molar-refractivity contribution is 0.112. The van der Waals surface area contributed by atoms with Crippen molar-refractivity contribution >= 4 is 6.29 Å². The SMILES string of the molecule is Cc1ccc(CC(CCCOc2ccc(C=O)cc2)c2cccc(F)c2C)cc1C. The number of aryl methyl sites for hydroxylation is 2. The molecular formula is C27H29FO2. The second-order valence-electron chi connectivity index (χ2n) is 7.95. The van der Waals surface area contributed by atoms with E-state index in [1.807, 2.05) is 25.1 Å². The Bertz CT molecular complexity index is 992. The van der Waals surface area contributed by atoms with E-state index in [0.29, 0.717) is 12.2 Å². The molecule has 3 aromatic rings. The second-order valence-corrected chi connectivity index (χ2v) is 7.95. The molecule has 0 aliphatic rings. The maximum atomic E-state index is 14.2. The van der Waals surface area contributed by atoms with E-state index in [-0.39, 0.29) is 11.7 Å². The van der Waals surface area contributed by atoms with E-state index in [1.54, 1.807) is 18.2 Å². The third-order valence-corrected chi connectivity index (χ3v) is 5.78. The highest BCUT2D eigenvalue weighted by atomic mass is 19.1. The van der Waals surface area contributed by atoms with Gasteiger partial charge in [0, 0.05) is 5.56 Å². The highest BCUT2D eigenvalue weighted by Gasteiger charge is 2.17. The standard InChI is InChI=1S/C27H29FO2/c1-19-9-10-23(16-20(19)2)17-24(26-7-4-8-27(28)21(26)3)6-5-15-30-25-13-11-22(18-29)12-14-25/h4,7-14,16,18,24H,5-6,15,17H2,1-3H3. The summed E-state index contributed by atoms with van der Waals surface area (Å²) in [4.78, 5) is 10.8. The van der Waals surface area contributed by atoms with Crippen molar-refractivity contribution in [2.45, 2.75) is 46.0 Å². The number of hydrogen-bond donors (Lipinski definition) is 0. The molecule has 2 nitrogen and oxygen atoms in total. The average Bonchev–Trinajstić information content (AvgIpc) is 2.75. The van der Waals surface area contributed by atoms with E-state index < -0.39 is 0 Å². The molecule has 1 unspecified atom stereocenters. The highest BCUT2D eigenvalue weighted by molar-refractivity contribution is 5.74. The maximum Gasteiger partial charge on any atom is 0.150 e. The molecule has 0 fully saturated rings. The fourth-order valence-corrected chi connectivity index (χ4v) is 3.81. The van der Waals surface area contributed by atoms with Crippen LogP contribution in [0.4, 0.5) is 4.39 Å². The zero-order chi connectivity index (χ0) is 21.5. The summed E-state index contributed by atoms with van der Waals surface area (Å²) >= 11 is 0. The van der Waals surface area contributed by atoms with Crippen molar-refractivity contribution in [1.82, 2.24) is 0 Å². The summed E-state index contributed by atoms with van der Waals surface area (Å²) in [6.45, 7) is 6.69. The predicted octanol–water partition coefficient (Wildman–Crippen LogP) is 6.75. The monoisotopic (exact) mass is 404 g/mol. The lowest BCUT2D eigenvalue weighted by atomic mass is 9.85. The van der Waals surface area contributed by atoms with Crippen molar-refractivity contribution in [1.29, 1.82) is 0 Å². The number of carbonyl (C=O) groups is 1. The van der Waals surface area contributed by atoms with Crippen molar-refractivity contribution in [3.8, 4) is 5.75 Å². The van der Waals surface area contributed by atoms with E-state index >= 15 is 0 Å². The molecule has 0 spiro atoms. The molecule has 3 rings (SSSR count). The van der Waals surface area contributed by atoms with Crippen LogP contribution in [0, 0.1) is 26.6 Å². The summed E-state index contributed by atoms with van der Waals surface area (Å²) in [6, 6.07) is 19.1. The minimum absolute atomic E-state index is 0.149. The van der Waals surface area contributed by atoms with Crippen molar-refractivity contribution in [2.24, 2.45) is 0 Å². The topological polar surface area (TPSA) is 26.3 Å². The first-order valence-electron chi connectivity index (χ1n) is 10.5. The van der Waals surface area contributed by atoms with Crippen LogP contribution in [-0.2, 0) is 6.42 Å². The Morgan fingerprint density at radius 1 is 0.967 bits per heavy atom. The van der Waals surface area contributed by atoms with Gasteiger partial charge in [-0.15, -0.1) is 0 Å². The van der Waals surface area contributed by atoms with Crippen LogP contribution in [0.15, 0.2) is 60.7 Å². The van der Waals surface area contributed by atoms with Crippen LogP contribution in [-0.4, -0.2) is 12.9 Å². The molecule has 0 radical (unpaired) electrons. The van der Waals surface area contributed by atoms with E-state index in [1.165, 1.54) is 22.8 Å². The van der Waals surface area contributed by atoms with Crippen LogP contribution in [0.1, 0.15) is 56.9 Å². The van der Waals surface area contributed by atoms with Gasteiger partial charge in [-0.2, -0.15) is 0 Å². The Balaban J connectivity index is 1.69. The summed E-state index contributed by atoms with van der Waals surface area (Å²) in [5.41, 5.74) is 6.28. The zero-order valence-electron chi connectivity index (χ0n) is 18.0. The van der Waals surface area contributed by atoms with Gasteiger partial charge in [0.25, 0.3) is 0 Å². The van der Waals surface area contributed by atoms with Gasteiger partial charge in [0.05, 0.1) is 6.61 Å². The molecule has 0 N–H and O–H groups in total. The summed E-state index contributed by atoms with van der Waals surface area (Å²) < 4.78 is 20.1. The number of benzene rings is 3. The molecule has 3 aromatic carbocycles. The number of carbonyl (C=O) groups excluding carboxylic acids is 1. The molecule has 30 heavy (non-hydrogen) atoms. The van der Waals surface area contributed by atoms with Gasteiger partial charge in [0.2, 0.25) is 0 Å². The summed E-state index contributed by atoms with van der Waals surface area (Å²) in [6.07, 6.45) is 3.46. The van der Waals surface area contributed by atoms with Crippen molar-refractivity contribution < 1.29 is 13.9 Å².